The van der Waals surface area contributed by atoms with Gasteiger partial charge in [0.15, 0.2) is 6.61 Å². The maximum absolute atomic E-state index is 12.6. The summed E-state index contributed by atoms with van der Waals surface area (Å²) < 4.78 is 13.3. The first-order chi connectivity index (χ1) is 17.9. The number of hydrogen-bond donors (Lipinski definition) is 2. The molecule has 37 heavy (non-hydrogen) atoms. The normalized spacial score (nSPS) is 15.4. The van der Waals surface area contributed by atoms with Gasteiger partial charge in [0.1, 0.15) is 22.8 Å². The van der Waals surface area contributed by atoms with Crippen LogP contribution in [0.1, 0.15) is 30.0 Å². The molecule has 0 spiro atoms. The van der Waals surface area contributed by atoms with Crippen LogP contribution < -0.4 is 20.1 Å². The number of piperidine rings is 1. The number of fused-ring (bicyclic) bond motifs is 1. The van der Waals surface area contributed by atoms with Gasteiger partial charge in [-0.2, -0.15) is 5.10 Å². The SMILES string of the molecule is Cc1ccc(Oc2ccc(NC(=O)COc3cccc4c(C5CCC(=O)NC5=O)nn(C)c34)cc2)cc1. The maximum Gasteiger partial charge on any atom is 0.262 e. The first-order valence-corrected chi connectivity index (χ1v) is 11.9. The van der Waals surface area contributed by atoms with Crippen LogP contribution in [0, 0.1) is 6.92 Å². The molecule has 5 rings (SSSR count). The number of nitrogens with one attached hydrogen (secondary N) is 2. The summed E-state index contributed by atoms with van der Waals surface area (Å²) in [4.78, 5) is 36.5. The van der Waals surface area contributed by atoms with Gasteiger partial charge >= 0.3 is 0 Å². The predicted molar refractivity (Wildman–Crippen MR) is 138 cm³/mol. The molecule has 1 aromatic heterocycles. The topological polar surface area (TPSA) is 112 Å². The summed E-state index contributed by atoms with van der Waals surface area (Å²) in [5.41, 5.74) is 3.03. The molecule has 9 heteroatoms. The van der Waals surface area contributed by atoms with E-state index in [0.717, 1.165) is 16.7 Å². The molecule has 0 bridgehead atoms. The zero-order valence-corrected chi connectivity index (χ0v) is 20.5. The second kappa shape index (κ2) is 10.1. The molecule has 0 saturated carbocycles. The Balaban J connectivity index is 1.23. The monoisotopic (exact) mass is 498 g/mol. The summed E-state index contributed by atoms with van der Waals surface area (Å²) >= 11 is 0. The van der Waals surface area contributed by atoms with Crippen molar-refractivity contribution in [1.82, 2.24) is 15.1 Å². The molecular weight excluding hydrogens is 472 g/mol. The van der Waals surface area contributed by atoms with E-state index in [-0.39, 0.29) is 30.7 Å². The van der Waals surface area contributed by atoms with Crippen LogP contribution in [0.3, 0.4) is 0 Å². The summed E-state index contributed by atoms with van der Waals surface area (Å²) in [6.07, 6.45) is 0.670. The van der Waals surface area contributed by atoms with Crippen LogP contribution in [0.15, 0.2) is 66.7 Å². The van der Waals surface area contributed by atoms with Gasteiger partial charge in [-0.25, -0.2) is 0 Å². The van der Waals surface area contributed by atoms with E-state index in [0.29, 0.717) is 34.8 Å². The summed E-state index contributed by atoms with van der Waals surface area (Å²) in [6.45, 7) is 1.81. The molecule has 2 N–H and O–H groups in total. The molecule has 1 atom stereocenters. The highest BCUT2D eigenvalue weighted by Gasteiger charge is 2.32. The lowest BCUT2D eigenvalue weighted by Crippen LogP contribution is -2.39. The lowest BCUT2D eigenvalue weighted by Gasteiger charge is -2.19. The van der Waals surface area contributed by atoms with E-state index >= 15 is 0 Å². The van der Waals surface area contributed by atoms with Gasteiger partial charge < -0.3 is 14.8 Å². The zero-order chi connectivity index (χ0) is 25.9. The van der Waals surface area contributed by atoms with Crippen LogP contribution in [0.2, 0.25) is 0 Å². The third-order valence-corrected chi connectivity index (χ3v) is 6.18. The number of para-hydroxylation sites is 1. The van der Waals surface area contributed by atoms with E-state index in [9.17, 15) is 14.4 Å². The van der Waals surface area contributed by atoms with Gasteiger partial charge in [0.2, 0.25) is 11.8 Å². The van der Waals surface area contributed by atoms with Gasteiger partial charge in [-0.05, 0) is 55.8 Å². The number of rotatable bonds is 7. The quantitative estimate of drug-likeness (QED) is 0.369. The summed E-state index contributed by atoms with van der Waals surface area (Å²) in [7, 11) is 1.75. The van der Waals surface area contributed by atoms with Crippen LogP contribution in [0.25, 0.3) is 10.9 Å². The van der Waals surface area contributed by atoms with Crippen molar-refractivity contribution in [3.8, 4) is 17.2 Å². The molecular formula is C28H26N4O5. The molecule has 1 aliphatic rings. The fourth-order valence-corrected chi connectivity index (χ4v) is 4.35. The first-order valence-electron chi connectivity index (χ1n) is 11.9. The molecule has 0 aliphatic carbocycles. The van der Waals surface area contributed by atoms with Gasteiger partial charge in [-0.1, -0.05) is 29.8 Å². The number of imide groups is 1. The molecule has 4 aromatic rings. The minimum Gasteiger partial charge on any atom is -0.481 e. The van der Waals surface area contributed by atoms with E-state index < -0.39 is 5.92 Å². The molecule has 188 valence electrons. The minimum absolute atomic E-state index is 0.209. The van der Waals surface area contributed by atoms with Crippen molar-refractivity contribution in [2.75, 3.05) is 11.9 Å². The Kier molecular flexibility index (Phi) is 6.59. The van der Waals surface area contributed by atoms with E-state index in [1.807, 2.05) is 37.3 Å². The molecule has 3 amide bonds. The van der Waals surface area contributed by atoms with Crippen molar-refractivity contribution in [3.05, 3.63) is 78.0 Å². The predicted octanol–water partition coefficient (Wildman–Crippen LogP) is 4.21. The summed E-state index contributed by atoms with van der Waals surface area (Å²) in [5, 5.41) is 10.5. The maximum atomic E-state index is 12.6. The van der Waals surface area contributed by atoms with Gasteiger partial charge in [0.25, 0.3) is 5.91 Å². The smallest absolute Gasteiger partial charge is 0.262 e. The van der Waals surface area contributed by atoms with Crippen molar-refractivity contribution in [2.24, 2.45) is 7.05 Å². The molecule has 0 radical (unpaired) electrons. The lowest BCUT2D eigenvalue weighted by atomic mass is 9.93. The van der Waals surface area contributed by atoms with E-state index in [2.05, 4.69) is 15.7 Å². The second-order valence-electron chi connectivity index (χ2n) is 8.94. The second-order valence-corrected chi connectivity index (χ2v) is 8.94. The third kappa shape index (κ3) is 5.30. The summed E-state index contributed by atoms with van der Waals surface area (Å²) in [6, 6.07) is 20.2. The highest BCUT2D eigenvalue weighted by atomic mass is 16.5. The van der Waals surface area contributed by atoms with Gasteiger partial charge in [-0.15, -0.1) is 0 Å². The van der Waals surface area contributed by atoms with Gasteiger partial charge in [0, 0.05) is 24.5 Å². The van der Waals surface area contributed by atoms with Crippen molar-refractivity contribution in [1.29, 1.82) is 0 Å². The fraction of sp³-hybridized carbons (Fsp3) is 0.214. The Labute approximate surface area is 213 Å². The Bertz CT molecular complexity index is 1480. The number of aromatic nitrogens is 2. The minimum atomic E-state index is -0.516. The zero-order valence-electron chi connectivity index (χ0n) is 20.5. The van der Waals surface area contributed by atoms with Crippen LogP contribution in [-0.2, 0) is 21.4 Å². The largest absolute Gasteiger partial charge is 0.481 e. The summed E-state index contributed by atoms with van der Waals surface area (Å²) in [5.74, 6) is 0.411. The molecule has 1 unspecified atom stereocenters. The third-order valence-electron chi connectivity index (χ3n) is 6.18. The van der Waals surface area contributed by atoms with Crippen LogP contribution in [0.4, 0.5) is 5.69 Å². The first kappa shape index (κ1) is 24.1. The Morgan fingerprint density at radius 3 is 2.46 bits per heavy atom. The highest BCUT2D eigenvalue weighted by molar-refractivity contribution is 6.03. The van der Waals surface area contributed by atoms with Gasteiger partial charge in [0.05, 0.1) is 11.6 Å². The molecule has 3 aromatic carbocycles. The number of carbonyl (C=O) groups excluding carboxylic acids is 3. The van der Waals surface area contributed by atoms with Gasteiger partial charge in [-0.3, -0.25) is 24.4 Å². The average Bonchev–Trinajstić information content (AvgIpc) is 3.22. The molecule has 2 heterocycles. The standard InChI is InChI=1S/C28H26N4O5/c1-17-6-10-19(11-7-17)37-20-12-8-18(9-13-20)29-25(34)16-36-23-5-3-4-21-26(31-32(2)27(21)23)22-14-15-24(33)30-28(22)35/h3-13,22H,14-16H2,1-2H3,(H,29,34)(H,30,33,35). The number of anilines is 1. The Morgan fingerprint density at radius 1 is 1.05 bits per heavy atom. The van der Waals surface area contributed by atoms with E-state index in [1.54, 1.807) is 48.1 Å². The number of aryl methyl sites for hydroxylation is 2. The number of amides is 3. The van der Waals surface area contributed by atoms with Crippen molar-refractivity contribution in [3.63, 3.8) is 0 Å². The molecule has 9 nitrogen and oxygen atoms in total. The van der Waals surface area contributed by atoms with Crippen LogP contribution in [0.5, 0.6) is 17.2 Å². The number of carbonyl (C=O) groups is 3. The van der Waals surface area contributed by atoms with Crippen LogP contribution in [-0.4, -0.2) is 34.1 Å². The van der Waals surface area contributed by atoms with Crippen LogP contribution >= 0.6 is 0 Å². The number of hydrogen-bond acceptors (Lipinski definition) is 6. The van der Waals surface area contributed by atoms with Crippen molar-refractivity contribution >= 4 is 34.3 Å². The molecule has 1 fully saturated rings. The average molecular weight is 499 g/mol. The molecule has 1 saturated heterocycles. The number of nitrogens with zero attached hydrogens (tertiary/aromatic N) is 2. The lowest BCUT2D eigenvalue weighted by molar-refractivity contribution is -0.134. The Hall–Kier alpha value is -4.66. The number of benzene rings is 3. The number of ether oxygens (including phenoxy) is 2. The van der Waals surface area contributed by atoms with E-state index in [4.69, 9.17) is 9.47 Å². The van der Waals surface area contributed by atoms with Crippen molar-refractivity contribution < 1.29 is 23.9 Å². The fourth-order valence-electron chi connectivity index (χ4n) is 4.35. The van der Waals surface area contributed by atoms with E-state index in [1.165, 1.54) is 0 Å². The highest BCUT2D eigenvalue weighted by Crippen LogP contribution is 2.34. The Morgan fingerprint density at radius 2 is 1.76 bits per heavy atom. The van der Waals surface area contributed by atoms with Crippen molar-refractivity contribution in [2.45, 2.75) is 25.7 Å². The molecule has 1 aliphatic heterocycles.